The van der Waals surface area contributed by atoms with Crippen LogP contribution in [0.4, 0.5) is 0 Å². The third-order valence-electron chi connectivity index (χ3n) is 3.08. The summed E-state index contributed by atoms with van der Waals surface area (Å²) in [4.78, 5) is 11.2. The van der Waals surface area contributed by atoms with Crippen molar-refractivity contribution in [1.29, 1.82) is 0 Å². The topological polar surface area (TPSA) is 47.6 Å². The highest BCUT2D eigenvalue weighted by molar-refractivity contribution is 5.76. The van der Waals surface area contributed by atoms with Gasteiger partial charge in [-0.2, -0.15) is 0 Å². The molecule has 0 saturated carbocycles. The molecule has 2 fully saturated rings. The van der Waals surface area contributed by atoms with E-state index in [1.54, 1.807) is 0 Å². The molecule has 4 heteroatoms. The summed E-state index contributed by atoms with van der Waals surface area (Å²) < 4.78 is 10.3. The van der Waals surface area contributed by atoms with E-state index in [4.69, 9.17) is 9.47 Å². The average Bonchev–Trinajstić information content (AvgIpc) is 2.86. The summed E-state index contributed by atoms with van der Waals surface area (Å²) in [6.45, 7) is 0.867. The van der Waals surface area contributed by atoms with Gasteiger partial charge in [0.25, 0.3) is 0 Å². The summed E-state index contributed by atoms with van der Waals surface area (Å²) in [6.07, 6.45) is 4.46. The lowest BCUT2D eigenvalue weighted by Gasteiger charge is -2.18. The number of carbonyl (C=O) groups excluding carboxylic acids is 1. The first-order chi connectivity index (χ1) is 6.81. The molecular formula is C10H17NO3. The fraction of sp³-hybridized carbons (Fsp3) is 0.900. The molecule has 14 heavy (non-hydrogen) atoms. The van der Waals surface area contributed by atoms with Gasteiger partial charge < -0.3 is 9.47 Å². The number of nitrogens with one attached hydrogen (secondary N) is 1. The second kappa shape index (κ2) is 4.28. The lowest BCUT2D eigenvalue weighted by atomic mass is 10.1. The number of carbonyl (C=O) groups is 1. The van der Waals surface area contributed by atoms with Gasteiger partial charge in [0, 0.05) is 12.6 Å². The number of methoxy groups -OCH3 is 1. The first-order valence-corrected chi connectivity index (χ1v) is 5.26. The molecule has 2 aliphatic heterocycles. The average molecular weight is 199 g/mol. The van der Waals surface area contributed by atoms with Gasteiger partial charge in [-0.1, -0.05) is 0 Å². The van der Waals surface area contributed by atoms with Crippen LogP contribution in [-0.2, 0) is 14.3 Å². The summed E-state index contributed by atoms with van der Waals surface area (Å²) in [5.41, 5.74) is 0. The van der Waals surface area contributed by atoms with Crippen molar-refractivity contribution in [3.05, 3.63) is 0 Å². The molecule has 0 bridgehead atoms. The van der Waals surface area contributed by atoms with Gasteiger partial charge in [-0.05, 0) is 25.7 Å². The van der Waals surface area contributed by atoms with Crippen LogP contribution in [-0.4, -0.2) is 37.9 Å². The maximum absolute atomic E-state index is 11.2. The maximum Gasteiger partial charge on any atom is 0.322 e. The zero-order chi connectivity index (χ0) is 9.97. The number of hydrogen-bond acceptors (Lipinski definition) is 4. The van der Waals surface area contributed by atoms with Crippen LogP contribution in [0.2, 0.25) is 0 Å². The summed E-state index contributed by atoms with van der Waals surface area (Å²) in [5.74, 6) is -0.148. The molecule has 2 heterocycles. The van der Waals surface area contributed by atoms with Gasteiger partial charge >= 0.3 is 5.97 Å². The van der Waals surface area contributed by atoms with E-state index in [-0.39, 0.29) is 12.0 Å². The maximum atomic E-state index is 11.2. The summed E-state index contributed by atoms with van der Waals surface area (Å²) in [6, 6.07) is 0.232. The van der Waals surface area contributed by atoms with Crippen LogP contribution < -0.4 is 5.32 Å². The third-order valence-corrected chi connectivity index (χ3v) is 3.08. The second-order valence-electron chi connectivity index (χ2n) is 3.98. The number of ether oxygens (including phenoxy) is 2. The van der Waals surface area contributed by atoms with Crippen LogP contribution >= 0.6 is 0 Å². The Hall–Kier alpha value is -0.610. The smallest absolute Gasteiger partial charge is 0.322 e. The minimum Gasteiger partial charge on any atom is -0.468 e. The van der Waals surface area contributed by atoms with Gasteiger partial charge in [-0.3, -0.25) is 10.1 Å². The van der Waals surface area contributed by atoms with Crippen LogP contribution in [0.15, 0.2) is 0 Å². The van der Waals surface area contributed by atoms with Gasteiger partial charge in [0.05, 0.1) is 13.2 Å². The highest BCUT2D eigenvalue weighted by Crippen LogP contribution is 2.24. The van der Waals surface area contributed by atoms with Crippen LogP contribution in [0.5, 0.6) is 0 Å². The lowest BCUT2D eigenvalue weighted by molar-refractivity contribution is -0.142. The van der Waals surface area contributed by atoms with Crippen molar-refractivity contribution in [3.8, 4) is 0 Å². The molecule has 0 aromatic heterocycles. The summed E-state index contributed by atoms with van der Waals surface area (Å²) in [7, 11) is 1.43. The van der Waals surface area contributed by atoms with Gasteiger partial charge in [-0.25, -0.2) is 0 Å². The molecule has 0 aromatic rings. The number of rotatable bonds is 2. The first-order valence-electron chi connectivity index (χ1n) is 5.26. The van der Waals surface area contributed by atoms with E-state index < -0.39 is 0 Å². The molecular weight excluding hydrogens is 182 g/mol. The molecule has 4 nitrogen and oxygen atoms in total. The van der Waals surface area contributed by atoms with Crippen molar-refractivity contribution in [2.75, 3.05) is 13.7 Å². The minimum absolute atomic E-state index is 0.116. The van der Waals surface area contributed by atoms with Gasteiger partial charge in [0.2, 0.25) is 0 Å². The van der Waals surface area contributed by atoms with E-state index in [9.17, 15) is 4.79 Å². The molecule has 2 rings (SSSR count). The van der Waals surface area contributed by atoms with Crippen molar-refractivity contribution in [1.82, 2.24) is 5.32 Å². The molecule has 0 aliphatic carbocycles. The number of esters is 1. The largest absolute Gasteiger partial charge is 0.468 e. The molecule has 2 aliphatic rings. The highest BCUT2D eigenvalue weighted by atomic mass is 16.5. The van der Waals surface area contributed by atoms with Gasteiger partial charge in [0.15, 0.2) is 0 Å². The molecule has 80 valence electrons. The van der Waals surface area contributed by atoms with Crippen molar-refractivity contribution >= 4 is 5.97 Å². The predicted molar refractivity (Wildman–Crippen MR) is 50.9 cm³/mol. The molecule has 0 radical (unpaired) electrons. The monoisotopic (exact) mass is 199 g/mol. The van der Waals surface area contributed by atoms with E-state index in [0.717, 1.165) is 32.3 Å². The van der Waals surface area contributed by atoms with Crippen molar-refractivity contribution in [2.24, 2.45) is 0 Å². The molecule has 0 amide bonds. The van der Waals surface area contributed by atoms with Crippen molar-refractivity contribution in [2.45, 2.75) is 43.9 Å². The van der Waals surface area contributed by atoms with E-state index in [0.29, 0.717) is 12.1 Å². The quantitative estimate of drug-likeness (QED) is 0.656. The van der Waals surface area contributed by atoms with Crippen molar-refractivity contribution in [3.63, 3.8) is 0 Å². The van der Waals surface area contributed by atoms with E-state index in [2.05, 4.69) is 5.32 Å². The Morgan fingerprint density at radius 3 is 2.93 bits per heavy atom. The Balaban J connectivity index is 1.84. The molecule has 1 unspecified atom stereocenters. The van der Waals surface area contributed by atoms with Gasteiger partial charge in [0.1, 0.15) is 6.04 Å². The Bertz CT molecular complexity index is 213. The van der Waals surface area contributed by atoms with Crippen molar-refractivity contribution < 1.29 is 14.3 Å². The van der Waals surface area contributed by atoms with Crippen LogP contribution in [0, 0.1) is 0 Å². The summed E-state index contributed by atoms with van der Waals surface area (Å²) in [5, 5.41) is 3.28. The zero-order valence-electron chi connectivity index (χ0n) is 8.49. The Labute approximate surface area is 84.0 Å². The standard InChI is InChI=1S/C10H17NO3/c1-13-10(12)8-5-4-7(11-8)9-3-2-6-14-9/h7-9,11H,2-6H2,1H3/t7-,8+,9?/m1/s1. The fourth-order valence-electron chi connectivity index (χ4n) is 2.31. The second-order valence-corrected chi connectivity index (χ2v) is 3.98. The number of hydrogen-bond donors (Lipinski definition) is 1. The van der Waals surface area contributed by atoms with E-state index in [1.165, 1.54) is 7.11 Å². The van der Waals surface area contributed by atoms with E-state index >= 15 is 0 Å². The molecule has 1 N–H and O–H groups in total. The van der Waals surface area contributed by atoms with Crippen LogP contribution in [0.25, 0.3) is 0 Å². The Morgan fingerprint density at radius 2 is 2.29 bits per heavy atom. The minimum atomic E-state index is -0.148. The lowest BCUT2D eigenvalue weighted by Crippen LogP contribution is -2.41. The fourth-order valence-corrected chi connectivity index (χ4v) is 2.31. The van der Waals surface area contributed by atoms with E-state index in [1.807, 2.05) is 0 Å². The SMILES string of the molecule is COC(=O)[C@@H]1CC[C@H](C2CCCO2)N1. The molecule has 0 spiro atoms. The van der Waals surface area contributed by atoms with Gasteiger partial charge in [-0.15, -0.1) is 0 Å². The predicted octanol–water partition coefficient (Wildman–Crippen LogP) is 0.459. The Kier molecular flexibility index (Phi) is 3.03. The Morgan fingerprint density at radius 1 is 1.43 bits per heavy atom. The summed E-state index contributed by atoms with van der Waals surface area (Å²) >= 11 is 0. The molecule has 3 atom stereocenters. The van der Waals surface area contributed by atoms with Crippen LogP contribution in [0.3, 0.4) is 0 Å². The zero-order valence-corrected chi connectivity index (χ0v) is 8.49. The first kappa shape index (κ1) is 9.93. The third kappa shape index (κ3) is 1.91. The highest BCUT2D eigenvalue weighted by Gasteiger charge is 2.35. The van der Waals surface area contributed by atoms with Crippen LogP contribution in [0.1, 0.15) is 25.7 Å². The molecule has 0 aromatic carbocycles. The molecule has 2 saturated heterocycles. The normalized spacial score (nSPS) is 37.4.